The summed E-state index contributed by atoms with van der Waals surface area (Å²) in [6.07, 6.45) is 1.38. The first kappa shape index (κ1) is 19.6. The Bertz CT molecular complexity index is 860. The lowest BCUT2D eigenvalue weighted by atomic mass is 10.2. The number of fused-ring (bicyclic) bond motifs is 1. The first-order valence-electron chi connectivity index (χ1n) is 8.71. The molecule has 3 aliphatic rings. The summed E-state index contributed by atoms with van der Waals surface area (Å²) in [5.41, 5.74) is 0.815. The first-order chi connectivity index (χ1) is 13.5. The van der Waals surface area contributed by atoms with Crippen molar-refractivity contribution in [1.29, 1.82) is 0 Å². The number of thioether (sulfide) groups is 2. The van der Waals surface area contributed by atoms with E-state index in [1.54, 1.807) is 23.9 Å². The second-order valence-corrected chi connectivity index (χ2v) is 9.23. The average molecular weight is 439 g/mol. The van der Waals surface area contributed by atoms with Gasteiger partial charge in [0, 0.05) is 24.5 Å². The Morgan fingerprint density at radius 1 is 1.36 bits per heavy atom. The zero-order valence-electron chi connectivity index (χ0n) is 14.8. The van der Waals surface area contributed by atoms with E-state index in [1.807, 2.05) is 12.1 Å². The number of aliphatic hydroxyl groups is 1. The van der Waals surface area contributed by atoms with Gasteiger partial charge in [0.1, 0.15) is 4.32 Å². The van der Waals surface area contributed by atoms with E-state index >= 15 is 0 Å². The highest BCUT2D eigenvalue weighted by molar-refractivity contribution is 8.26. The minimum Gasteiger partial charge on any atom is -0.454 e. The molecule has 148 valence electrons. The fourth-order valence-corrected chi connectivity index (χ4v) is 5.50. The summed E-state index contributed by atoms with van der Waals surface area (Å²) in [5, 5.41) is 12.6. The molecule has 28 heavy (non-hydrogen) atoms. The van der Waals surface area contributed by atoms with Crippen molar-refractivity contribution in [2.75, 3.05) is 24.8 Å². The summed E-state index contributed by atoms with van der Waals surface area (Å²) in [7, 11) is 0. The molecule has 3 heterocycles. The molecule has 0 spiro atoms. The van der Waals surface area contributed by atoms with Gasteiger partial charge in [0.2, 0.25) is 12.7 Å². The maximum Gasteiger partial charge on any atom is 0.266 e. The predicted octanol–water partition coefficient (Wildman–Crippen LogP) is 1.60. The number of hydrogen-bond donors (Lipinski definition) is 2. The normalized spacial score (nSPS) is 25.0. The molecule has 2 amide bonds. The number of nitrogens with one attached hydrogen (secondary N) is 1. The Morgan fingerprint density at radius 3 is 2.96 bits per heavy atom. The average Bonchev–Trinajstić information content (AvgIpc) is 3.35. The third kappa shape index (κ3) is 4.14. The minimum absolute atomic E-state index is 0.137. The van der Waals surface area contributed by atoms with Gasteiger partial charge in [-0.15, -0.1) is 0 Å². The van der Waals surface area contributed by atoms with Crippen LogP contribution in [0.1, 0.15) is 12.0 Å². The number of ether oxygens (including phenoxy) is 2. The van der Waals surface area contributed by atoms with Gasteiger partial charge in [0.25, 0.3) is 5.91 Å². The molecule has 0 aromatic heterocycles. The van der Waals surface area contributed by atoms with Crippen molar-refractivity contribution < 1.29 is 24.2 Å². The highest BCUT2D eigenvalue weighted by Gasteiger charge is 2.33. The van der Waals surface area contributed by atoms with Crippen LogP contribution >= 0.6 is 35.7 Å². The van der Waals surface area contributed by atoms with Crippen LogP contribution in [-0.2, 0) is 9.59 Å². The highest BCUT2D eigenvalue weighted by Crippen LogP contribution is 2.36. The molecule has 10 heteroatoms. The Kier molecular flexibility index (Phi) is 5.81. The fraction of sp³-hybridized carbons (Fsp3) is 0.389. The van der Waals surface area contributed by atoms with Crippen LogP contribution in [-0.4, -0.2) is 63.1 Å². The SMILES string of the molecule is O=C(CCN1C(=O)/C(=C\c2ccc3c(c2)OCO3)SC1=S)N[C@@H]1CSC[C@@H]1O. The van der Waals surface area contributed by atoms with Gasteiger partial charge >= 0.3 is 0 Å². The number of amides is 2. The van der Waals surface area contributed by atoms with Gasteiger partial charge in [0.05, 0.1) is 17.1 Å². The summed E-state index contributed by atoms with van der Waals surface area (Å²) in [5.74, 6) is 2.25. The third-order valence-corrected chi connectivity index (χ3v) is 7.08. The Labute approximate surface area is 175 Å². The fourth-order valence-electron chi connectivity index (χ4n) is 3.02. The number of aliphatic hydroxyl groups excluding tert-OH is 1. The summed E-state index contributed by atoms with van der Waals surface area (Å²) in [6.45, 7) is 0.407. The summed E-state index contributed by atoms with van der Waals surface area (Å²) in [4.78, 5) is 26.8. The summed E-state index contributed by atoms with van der Waals surface area (Å²) in [6, 6.07) is 5.23. The van der Waals surface area contributed by atoms with Crippen molar-refractivity contribution in [1.82, 2.24) is 10.2 Å². The standard InChI is InChI=1S/C18H18N2O5S3/c21-12-8-27-7-11(12)19-16(22)3-4-20-17(23)15(28-18(20)26)6-10-1-2-13-14(5-10)25-9-24-13/h1-2,5-6,11-12,21H,3-4,7-9H2,(H,19,22)/b15-6+/t11-,12+/m1/s1. The number of nitrogens with zero attached hydrogens (tertiary/aromatic N) is 1. The van der Waals surface area contributed by atoms with E-state index in [2.05, 4.69) is 5.32 Å². The molecule has 7 nitrogen and oxygen atoms in total. The monoisotopic (exact) mass is 438 g/mol. The van der Waals surface area contributed by atoms with Crippen LogP contribution in [0.15, 0.2) is 23.1 Å². The van der Waals surface area contributed by atoms with Crippen LogP contribution < -0.4 is 14.8 Å². The van der Waals surface area contributed by atoms with Gasteiger partial charge < -0.3 is 19.9 Å². The quantitative estimate of drug-likeness (QED) is 0.530. The molecule has 1 aromatic rings. The van der Waals surface area contributed by atoms with Crippen molar-refractivity contribution in [3.05, 3.63) is 28.7 Å². The van der Waals surface area contributed by atoms with E-state index in [0.29, 0.717) is 32.2 Å². The van der Waals surface area contributed by atoms with Crippen molar-refractivity contribution >= 4 is 58.0 Å². The zero-order chi connectivity index (χ0) is 19.7. The smallest absolute Gasteiger partial charge is 0.266 e. The van der Waals surface area contributed by atoms with Crippen molar-refractivity contribution in [2.45, 2.75) is 18.6 Å². The molecule has 0 saturated carbocycles. The van der Waals surface area contributed by atoms with E-state index in [9.17, 15) is 14.7 Å². The van der Waals surface area contributed by atoms with E-state index in [-0.39, 0.29) is 37.6 Å². The molecule has 1 aromatic carbocycles. The molecule has 3 aliphatic heterocycles. The maximum atomic E-state index is 12.7. The van der Waals surface area contributed by atoms with Gasteiger partial charge in [-0.1, -0.05) is 30.0 Å². The molecule has 0 aliphatic carbocycles. The van der Waals surface area contributed by atoms with Crippen molar-refractivity contribution in [3.8, 4) is 11.5 Å². The third-order valence-electron chi connectivity index (χ3n) is 4.53. The Hall–Kier alpha value is -1.75. The number of thiocarbonyl (C=S) groups is 1. The van der Waals surface area contributed by atoms with Crippen molar-refractivity contribution in [2.24, 2.45) is 0 Å². The van der Waals surface area contributed by atoms with Crippen LogP contribution in [0.2, 0.25) is 0 Å². The molecule has 2 fully saturated rings. The molecular weight excluding hydrogens is 420 g/mol. The van der Waals surface area contributed by atoms with E-state index in [4.69, 9.17) is 21.7 Å². The minimum atomic E-state index is -0.518. The summed E-state index contributed by atoms with van der Waals surface area (Å²) >= 11 is 8.14. The molecule has 2 saturated heterocycles. The lowest BCUT2D eigenvalue weighted by Crippen LogP contribution is -2.43. The molecule has 2 atom stereocenters. The van der Waals surface area contributed by atoms with Crippen LogP contribution in [0.4, 0.5) is 0 Å². The Morgan fingerprint density at radius 2 is 2.18 bits per heavy atom. The molecular formula is C18H18N2O5S3. The van der Waals surface area contributed by atoms with Gasteiger partial charge in [-0.3, -0.25) is 14.5 Å². The van der Waals surface area contributed by atoms with Crippen LogP contribution in [0.25, 0.3) is 6.08 Å². The summed E-state index contributed by atoms with van der Waals surface area (Å²) < 4.78 is 11.1. The van der Waals surface area contributed by atoms with Crippen LogP contribution in [0.3, 0.4) is 0 Å². The molecule has 0 bridgehead atoms. The number of hydrogen-bond acceptors (Lipinski definition) is 8. The molecule has 0 unspecified atom stereocenters. The predicted molar refractivity (Wildman–Crippen MR) is 112 cm³/mol. The van der Waals surface area contributed by atoms with E-state index in [1.165, 1.54) is 16.7 Å². The number of rotatable bonds is 5. The largest absolute Gasteiger partial charge is 0.454 e. The zero-order valence-corrected chi connectivity index (χ0v) is 17.2. The van der Waals surface area contributed by atoms with Gasteiger partial charge in [-0.05, 0) is 23.8 Å². The van der Waals surface area contributed by atoms with Crippen LogP contribution in [0.5, 0.6) is 11.5 Å². The lowest BCUT2D eigenvalue weighted by molar-refractivity contribution is -0.124. The van der Waals surface area contributed by atoms with Crippen LogP contribution in [0, 0.1) is 0 Å². The highest BCUT2D eigenvalue weighted by atomic mass is 32.2. The van der Waals surface area contributed by atoms with Gasteiger partial charge in [-0.25, -0.2) is 0 Å². The number of carbonyl (C=O) groups excluding carboxylic acids is 2. The molecule has 0 radical (unpaired) electrons. The van der Waals surface area contributed by atoms with Gasteiger partial charge in [-0.2, -0.15) is 11.8 Å². The topological polar surface area (TPSA) is 88.1 Å². The van der Waals surface area contributed by atoms with E-state index in [0.717, 1.165) is 5.56 Å². The number of carbonyl (C=O) groups is 2. The number of benzene rings is 1. The van der Waals surface area contributed by atoms with E-state index < -0.39 is 6.10 Å². The van der Waals surface area contributed by atoms with Gasteiger partial charge in [0.15, 0.2) is 11.5 Å². The second kappa shape index (κ2) is 8.32. The second-order valence-electron chi connectivity index (χ2n) is 6.47. The lowest BCUT2D eigenvalue weighted by Gasteiger charge is -2.18. The van der Waals surface area contributed by atoms with Crippen molar-refractivity contribution in [3.63, 3.8) is 0 Å². The molecule has 2 N–H and O–H groups in total. The molecule has 4 rings (SSSR count). The first-order valence-corrected chi connectivity index (χ1v) is 11.1. The maximum absolute atomic E-state index is 12.7. The Balaban J connectivity index is 1.36.